The number of thiophene rings is 1. The van der Waals surface area contributed by atoms with Gasteiger partial charge < -0.3 is 4.90 Å². The second-order valence-electron chi connectivity index (χ2n) is 12.2. The van der Waals surface area contributed by atoms with Crippen molar-refractivity contribution in [3.8, 4) is 33.4 Å². The maximum atomic E-state index is 2.43. The lowest BCUT2D eigenvalue weighted by Gasteiger charge is -2.27. The number of benzene rings is 8. The molecule has 1 nitrogen and oxygen atoms in total. The summed E-state index contributed by atoms with van der Waals surface area (Å²) in [5.74, 6) is 0. The Balaban J connectivity index is 1.19. The van der Waals surface area contributed by atoms with Crippen molar-refractivity contribution in [3.63, 3.8) is 0 Å². The summed E-state index contributed by atoms with van der Waals surface area (Å²) < 4.78 is 2.59. The molecule has 1 heterocycles. The molecule has 0 fully saturated rings. The predicted molar refractivity (Wildman–Crippen MR) is 208 cm³/mol. The molecule has 0 aliphatic heterocycles. The van der Waals surface area contributed by atoms with E-state index in [2.05, 4.69) is 193 Å². The van der Waals surface area contributed by atoms with Crippen LogP contribution in [0, 0.1) is 0 Å². The average molecular weight is 630 g/mol. The van der Waals surface area contributed by atoms with Crippen LogP contribution in [0.2, 0.25) is 0 Å². The first kappa shape index (κ1) is 28.3. The van der Waals surface area contributed by atoms with Crippen molar-refractivity contribution in [3.05, 3.63) is 188 Å². The second-order valence-corrected chi connectivity index (χ2v) is 13.3. The molecule has 0 amide bonds. The molecule has 0 saturated carbocycles. The molecule has 226 valence electrons. The summed E-state index contributed by atoms with van der Waals surface area (Å²) in [4.78, 5) is 2.43. The Hall–Kier alpha value is -5.96. The zero-order valence-corrected chi connectivity index (χ0v) is 27.1. The fourth-order valence-corrected chi connectivity index (χ4v) is 8.00. The molecule has 0 saturated heterocycles. The number of anilines is 3. The lowest BCUT2D eigenvalue weighted by Crippen LogP contribution is -2.10. The van der Waals surface area contributed by atoms with Crippen LogP contribution >= 0.6 is 11.3 Å². The molecule has 2 heteroatoms. The summed E-state index contributed by atoms with van der Waals surface area (Å²) in [5.41, 5.74) is 10.7. The summed E-state index contributed by atoms with van der Waals surface area (Å²) in [5, 5.41) is 5.08. The molecule has 48 heavy (non-hydrogen) atoms. The number of hydrogen-bond acceptors (Lipinski definition) is 2. The summed E-state index contributed by atoms with van der Waals surface area (Å²) in [6.45, 7) is 0. The van der Waals surface area contributed by atoms with Crippen LogP contribution in [0.5, 0.6) is 0 Å². The minimum atomic E-state index is 1.12. The molecule has 0 N–H and O–H groups in total. The van der Waals surface area contributed by atoms with Gasteiger partial charge in [-0.2, -0.15) is 0 Å². The van der Waals surface area contributed by atoms with Crippen molar-refractivity contribution >= 4 is 59.3 Å². The van der Waals surface area contributed by atoms with E-state index in [1.54, 1.807) is 0 Å². The molecule has 0 unspecified atom stereocenters. The van der Waals surface area contributed by atoms with Gasteiger partial charge in [-0.1, -0.05) is 133 Å². The van der Waals surface area contributed by atoms with E-state index in [9.17, 15) is 0 Å². The highest BCUT2D eigenvalue weighted by Crippen LogP contribution is 2.45. The van der Waals surface area contributed by atoms with Crippen LogP contribution < -0.4 is 4.90 Å². The highest BCUT2D eigenvalue weighted by atomic mass is 32.1. The maximum absolute atomic E-state index is 2.43. The lowest BCUT2D eigenvalue weighted by molar-refractivity contribution is 1.30. The van der Waals surface area contributed by atoms with E-state index in [-0.39, 0.29) is 0 Å². The van der Waals surface area contributed by atoms with Gasteiger partial charge in [-0.05, 0) is 98.8 Å². The fourth-order valence-electron chi connectivity index (χ4n) is 6.87. The summed E-state index contributed by atoms with van der Waals surface area (Å²) >= 11 is 1.86. The van der Waals surface area contributed by atoms with Gasteiger partial charge in [0, 0.05) is 31.5 Å². The van der Waals surface area contributed by atoms with Gasteiger partial charge in [0.15, 0.2) is 0 Å². The standard InChI is InChI=1S/C46H31NS/c1-2-11-32(12-3-1)36-15-8-16-37(29-36)34-25-27-40(28-26-34)47(43-20-10-22-45-46(43)42-19-6-7-21-44(42)48-45)41-18-9-17-38(31-41)39-24-23-33-13-4-5-14-35(33)30-39/h1-31H. The maximum Gasteiger partial charge on any atom is 0.0554 e. The summed E-state index contributed by atoms with van der Waals surface area (Å²) in [7, 11) is 0. The van der Waals surface area contributed by atoms with Crippen molar-refractivity contribution in [1.29, 1.82) is 0 Å². The number of rotatable bonds is 6. The molecule has 0 aliphatic carbocycles. The number of hydrogen-bond donors (Lipinski definition) is 0. The van der Waals surface area contributed by atoms with Gasteiger partial charge in [0.05, 0.1) is 5.69 Å². The van der Waals surface area contributed by atoms with Crippen molar-refractivity contribution in [2.45, 2.75) is 0 Å². The molecule has 0 atom stereocenters. The van der Waals surface area contributed by atoms with Crippen LogP contribution in [-0.2, 0) is 0 Å². The molecule has 9 rings (SSSR count). The predicted octanol–water partition coefficient (Wildman–Crippen LogP) is 13.7. The SMILES string of the molecule is c1ccc(-c2cccc(-c3ccc(N(c4cccc(-c5ccc6ccccc6c5)c4)c4cccc5sc6ccccc6c45)cc3)c2)cc1. The van der Waals surface area contributed by atoms with Crippen molar-refractivity contribution in [1.82, 2.24) is 0 Å². The second kappa shape index (κ2) is 12.0. The number of fused-ring (bicyclic) bond motifs is 4. The van der Waals surface area contributed by atoms with E-state index in [0.717, 1.165) is 11.4 Å². The molecule has 8 aromatic carbocycles. The molecule has 0 spiro atoms. The lowest BCUT2D eigenvalue weighted by atomic mass is 9.98. The zero-order valence-electron chi connectivity index (χ0n) is 26.3. The molecular weight excluding hydrogens is 599 g/mol. The van der Waals surface area contributed by atoms with Crippen molar-refractivity contribution in [2.75, 3.05) is 4.90 Å². The first-order valence-corrected chi connectivity index (χ1v) is 17.2. The third-order valence-electron chi connectivity index (χ3n) is 9.24. The highest BCUT2D eigenvalue weighted by molar-refractivity contribution is 7.26. The van der Waals surface area contributed by atoms with E-state index in [0.29, 0.717) is 0 Å². The van der Waals surface area contributed by atoms with E-state index in [1.165, 1.54) is 70.0 Å². The van der Waals surface area contributed by atoms with E-state index in [1.807, 2.05) is 11.3 Å². The summed E-state index contributed by atoms with van der Waals surface area (Å²) in [6.07, 6.45) is 0. The van der Waals surface area contributed by atoms with Gasteiger partial charge in [0.25, 0.3) is 0 Å². The third kappa shape index (κ3) is 5.13. The molecule has 0 aliphatic rings. The fraction of sp³-hybridized carbons (Fsp3) is 0. The molecule has 1 aromatic heterocycles. The Morgan fingerprint density at radius 3 is 1.75 bits per heavy atom. The van der Waals surface area contributed by atoms with Gasteiger partial charge in [0.1, 0.15) is 0 Å². The van der Waals surface area contributed by atoms with E-state index in [4.69, 9.17) is 0 Å². The first-order valence-electron chi connectivity index (χ1n) is 16.3. The molecule has 9 aromatic rings. The van der Waals surface area contributed by atoms with Crippen molar-refractivity contribution in [2.24, 2.45) is 0 Å². The average Bonchev–Trinajstić information content (AvgIpc) is 3.55. The smallest absolute Gasteiger partial charge is 0.0554 e. The Labute approximate surface area is 284 Å². The van der Waals surface area contributed by atoms with Crippen LogP contribution in [0.1, 0.15) is 0 Å². The minimum absolute atomic E-state index is 1.12. The monoisotopic (exact) mass is 629 g/mol. The van der Waals surface area contributed by atoms with E-state index >= 15 is 0 Å². The van der Waals surface area contributed by atoms with Crippen LogP contribution in [0.3, 0.4) is 0 Å². The quantitative estimate of drug-likeness (QED) is 0.177. The Morgan fingerprint density at radius 1 is 0.333 bits per heavy atom. The van der Waals surface area contributed by atoms with Gasteiger partial charge in [0.2, 0.25) is 0 Å². The molecular formula is C46H31NS. The Morgan fingerprint density at radius 2 is 0.917 bits per heavy atom. The largest absolute Gasteiger partial charge is 0.310 e. The van der Waals surface area contributed by atoms with E-state index < -0.39 is 0 Å². The highest BCUT2D eigenvalue weighted by Gasteiger charge is 2.19. The Bertz CT molecular complexity index is 2560. The topological polar surface area (TPSA) is 3.24 Å². The first-order chi connectivity index (χ1) is 23.8. The van der Waals surface area contributed by atoms with Gasteiger partial charge in [-0.15, -0.1) is 11.3 Å². The van der Waals surface area contributed by atoms with Gasteiger partial charge in [-0.25, -0.2) is 0 Å². The zero-order chi connectivity index (χ0) is 31.9. The van der Waals surface area contributed by atoms with Crippen LogP contribution in [-0.4, -0.2) is 0 Å². The molecule has 0 bridgehead atoms. The molecule has 0 radical (unpaired) electrons. The van der Waals surface area contributed by atoms with Crippen LogP contribution in [0.15, 0.2) is 188 Å². The van der Waals surface area contributed by atoms with Gasteiger partial charge in [-0.3, -0.25) is 0 Å². The van der Waals surface area contributed by atoms with Crippen LogP contribution in [0.4, 0.5) is 17.1 Å². The number of nitrogens with zero attached hydrogens (tertiary/aromatic N) is 1. The van der Waals surface area contributed by atoms with Gasteiger partial charge >= 0.3 is 0 Å². The Kier molecular flexibility index (Phi) is 7.07. The normalized spacial score (nSPS) is 11.3. The van der Waals surface area contributed by atoms with Crippen molar-refractivity contribution < 1.29 is 0 Å². The van der Waals surface area contributed by atoms with Crippen LogP contribution in [0.25, 0.3) is 64.3 Å². The minimum Gasteiger partial charge on any atom is -0.310 e. The summed E-state index contributed by atoms with van der Waals surface area (Å²) in [6, 6.07) is 68.2. The third-order valence-corrected chi connectivity index (χ3v) is 10.4.